The molecule has 0 fully saturated rings. The molecule has 0 aromatic carbocycles. The van der Waals surface area contributed by atoms with Crippen LogP contribution in [0.3, 0.4) is 0 Å². The van der Waals surface area contributed by atoms with Crippen LogP contribution in [0.15, 0.2) is 6.07 Å². The van der Waals surface area contributed by atoms with Crippen LogP contribution in [0.4, 0.5) is 0 Å². The van der Waals surface area contributed by atoms with Gasteiger partial charge in [0.05, 0.1) is 0 Å². The number of likely N-dealkylation sites (N-methyl/N-ethyl adjacent to an activating group) is 1. The van der Waals surface area contributed by atoms with E-state index in [0.29, 0.717) is 0 Å². The number of carboxylic acids is 1. The van der Waals surface area contributed by atoms with Crippen LogP contribution in [0.2, 0.25) is 0 Å². The predicted octanol–water partition coefficient (Wildman–Crippen LogP) is 0.910. The van der Waals surface area contributed by atoms with Gasteiger partial charge in [0.2, 0.25) is 0 Å². The van der Waals surface area contributed by atoms with E-state index in [0.717, 1.165) is 5.69 Å². The third kappa shape index (κ3) is 2.69. The summed E-state index contributed by atoms with van der Waals surface area (Å²) < 4.78 is 1.59. The zero-order valence-electron chi connectivity index (χ0n) is 11.3. The van der Waals surface area contributed by atoms with Gasteiger partial charge in [0.25, 0.3) is 5.91 Å². The first-order valence-electron chi connectivity index (χ1n) is 5.76. The first-order chi connectivity index (χ1) is 8.25. The third-order valence-corrected chi connectivity index (χ3v) is 2.95. The van der Waals surface area contributed by atoms with E-state index in [-0.39, 0.29) is 17.5 Å². The van der Waals surface area contributed by atoms with Gasteiger partial charge in [0.1, 0.15) is 6.04 Å². The van der Waals surface area contributed by atoms with E-state index < -0.39 is 12.0 Å². The summed E-state index contributed by atoms with van der Waals surface area (Å²) in [6, 6.07) is 0.803. The molecule has 1 heterocycles. The number of carbonyl (C=O) groups excluding carboxylic acids is 1. The molecule has 6 heteroatoms. The fourth-order valence-electron chi connectivity index (χ4n) is 1.87. The highest BCUT2D eigenvalue weighted by molar-refractivity contribution is 5.95. The molecule has 1 aromatic rings. The molecule has 1 N–H and O–H groups in total. The Morgan fingerprint density at radius 1 is 1.44 bits per heavy atom. The fraction of sp³-hybridized carbons (Fsp3) is 0.583. The summed E-state index contributed by atoms with van der Waals surface area (Å²) in [5.41, 5.74) is 1.12. The zero-order valence-corrected chi connectivity index (χ0v) is 11.3. The van der Waals surface area contributed by atoms with E-state index >= 15 is 0 Å². The summed E-state index contributed by atoms with van der Waals surface area (Å²) >= 11 is 0. The zero-order chi connectivity index (χ0) is 14.0. The van der Waals surface area contributed by atoms with Crippen LogP contribution in [-0.2, 0) is 11.8 Å². The van der Waals surface area contributed by atoms with E-state index in [1.807, 2.05) is 6.92 Å². The summed E-state index contributed by atoms with van der Waals surface area (Å²) in [5, 5.41) is 13.2. The molecule has 0 spiro atoms. The summed E-state index contributed by atoms with van der Waals surface area (Å²) in [4.78, 5) is 24.5. The fourth-order valence-corrected chi connectivity index (χ4v) is 1.87. The van der Waals surface area contributed by atoms with E-state index in [4.69, 9.17) is 5.11 Å². The van der Waals surface area contributed by atoms with Gasteiger partial charge >= 0.3 is 5.97 Å². The van der Waals surface area contributed by atoms with Crippen LogP contribution < -0.4 is 0 Å². The molecule has 1 amide bonds. The molecule has 1 unspecified atom stereocenters. The van der Waals surface area contributed by atoms with Gasteiger partial charge in [-0.15, -0.1) is 0 Å². The van der Waals surface area contributed by atoms with E-state index in [1.165, 1.54) is 11.9 Å². The smallest absolute Gasteiger partial charge is 0.326 e. The quantitative estimate of drug-likeness (QED) is 0.865. The topological polar surface area (TPSA) is 75.4 Å². The molecule has 6 nitrogen and oxygen atoms in total. The molecule has 0 aliphatic heterocycles. The molecule has 0 bridgehead atoms. The largest absolute Gasteiger partial charge is 0.480 e. The number of carbonyl (C=O) groups is 2. The SMILES string of the molecule is Cc1cc(C(=O)N(C)C(C(=O)O)C(C)C)nn1C. The molecule has 0 aliphatic rings. The molecule has 0 radical (unpaired) electrons. The Morgan fingerprint density at radius 2 is 2.00 bits per heavy atom. The van der Waals surface area contributed by atoms with Crippen molar-refractivity contribution < 1.29 is 14.7 Å². The standard InChI is InChI=1S/C12H19N3O3/c1-7(2)10(12(17)18)14(4)11(16)9-6-8(3)15(5)13-9/h6-7,10H,1-5H3,(H,17,18). The molecule has 0 saturated carbocycles. The number of hydrogen-bond donors (Lipinski definition) is 1. The lowest BCUT2D eigenvalue weighted by Gasteiger charge is -2.26. The second-order valence-corrected chi connectivity index (χ2v) is 4.74. The Hall–Kier alpha value is -1.85. The van der Waals surface area contributed by atoms with Gasteiger partial charge in [-0.2, -0.15) is 5.10 Å². The highest BCUT2D eigenvalue weighted by atomic mass is 16.4. The van der Waals surface area contributed by atoms with Crippen molar-refractivity contribution in [2.45, 2.75) is 26.8 Å². The van der Waals surface area contributed by atoms with Gasteiger partial charge in [0.15, 0.2) is 5.69 Å². The Bertz CT molecular complexity index is 446. The molecule has 1 rings (SSSR count). The van der Waals surface area contributed by atoms with Crippen molar-refractivity contribution in [1.82, 2.24) is 14.7 Å². The number of aryl methyl sites for hydroxylation is 2. The minimum atomic E-state index is -1.01. The molecular formula is C12H19N3O3. The monoisotopic (exact) mass is 253 g/mol. The van der Waals surface area contributed by atoms with Crippen molar-refractivity contribution in [3.63, 3.8) is 0 Å². The maximum absolute atomic E-state index is 12.1. The van der Waals surface area contributed by atoms with Crippen molar-refractivity contribution >= 4 is 11.9 Å². The van der Waals surface area contributed by atoms with Crippen molar-refractivity contribution in [3.05, 3.63) is 17.5 Å². The maximum atomic E-state index is 12.1. The number of carboxylic acid groups (broad SMARTS) is 1. The molecule has 18 heavy (non-hydrogen) atoms. The Labute approximate surface area is 106 Å². The summed E-state index contributed by atoms with van der Waals surface area (Å²) in [6.07, 6.45) is 0. The summed E-state index contributed by atoms with van der Waals surface area (Å²) in [5.74, 6) is -1.55. The second kappa shape index (κ2) is 5.20. The van der Waals surface area contributed by atoms with Crippen LogP contribution in [0.25, 0.3) is 0 Å². The highest BCUT2D eigenvalue weighted by Crippen LogP contribution is 2.13. The van der Waals surface area contributed by atoms with Gasteiger partial charge in [-0.25, -0.2) is 4.79 Å². The first kappa shape index (κ1) is 14.2. The Balaban J connectivity index is 2.99. The van der Waals surface area contributed by atoms with Gasteiger partial charge < -0.3 is 10.0 Å². The van der Waals surface area contributed by atoms with Crippen LogP contribution in [0.5, 0.6) is 0 Å². The van der Waals surface area contributed by atoms with Crippen molar-refractivity contribution in [2.24, 2.45) is 13.0 Å². The first-order valence-corrected chi connectivity index (χ1v) is 5.76. The van der Waals surface area contributed by atoms with E-state index in [2.05, 4.69) is 5.10 Å². The molecule has 100 valence electrons. The van der Waals surface area contributed by atoms with Crippen LogP contribution in [0, 0.1) is 12.8 Å². The number of aromatic nitrogens is 2. The molecular weight excluding hydrogens is 234 g/mol. The highest BCUT2D eigenvalue weighted by Gasteiger charge is 2.31. The number of rotatable bonds is 4. The van der Waals surface area contributed by atoms with E-state index in [1.54, 1.807) is 31.6 Å². The van der Waals surface area contributed by atoms with Gasteiger partial charge in [-0.3, -0.25) is 9.48 Å². The average molecular weight is 253 g/mol. The predicted molar refractivity (Wildman–Crippen MR) is 66.3 cm³/mol. The van der Waals surface area contributed by atoms with Crippen LogP contribution in [-0.4, -0.2) is 44.8 Å². The van der Waals surface area contributed by atoms with Gasteiger partial charge in [-0.1, -0.05) is 13.8 Å². The van der Waals surface area contributed by atoms with Crippen molar-refractivity contribution in [3.8, 4) is 0 Å². The second-order valence-electron chi connectivity index (χ2n) is 4.74. The minimum Gasteiger partial charge on any atom is -0.480 e. The number of nitrogens with zero attached hydrogens (tertiary/aromatic N) is 3. The lowest BCUT2D eigenvalue weighted by Crippen LogP contribution is -2.45. The van der Waals surface area contributed by atoms with E-state index in [9.17, 15) is 9.59 Å². The lowest BCUT2D eigenvalue weighted by atomic mass is 10.0. The number of aliphatic carboxylic acids is 1. The van der Waals surface area contributed by atoms with Crippen molar-refractivity contribution in [1.29, 1.82) is 0 Å². The molecule has 0 saturated heterocycles. The van der Waals surface area contributed by atoms with Crippen molar-refractivity contribution in [2.75, 3.05) is 7.05 Å². The minimum absolute atomic E-state index is 0.166. The average Bonchev–Trinajstić information content (AvgIpc) is 2.57. The van der Waals surface area contributed by atoms with Crippen LogP contribution >= 0.6 is 0 Å². The number of hydrogen-bond acceptors (Lipinski definition) is 3. The van der Waals surface area contributed by atoms with Gasteiger partial charge in [-0.05, 0) is 18.9 Å². The summed E-state index contributed by atoms with van der Waals surface area (Å²) in [6.45, 7) is 5.37. The number of amides is 1. The van der Waals surface area contributed by atoms with Crippen LogP contribution in [0.1, 0.15) is 30.0 Å². The maximum Gasteiger partial charge on any atom is 0.326 e. The Morgan fingerprint density at radius 3 is 2.33 bits per heavy atom. The Kier molecular flexibility index (Phi) is 4.11. The third-order valence-electron chi connectivity index (χ3n) is 2.95. The lowest BCUT2D eigenvalue weighted by molar-refractivity contribution is -0.143. The molecule has 0 aliphatic carbocycles. The van der Waals surface area contributed by atoms with Gasteiger partial charge in [0, 0.05) is 19.8 Å². The normalized spacial score (nSPS) is 12.6. The summed E-state index contributed by atoms with van der Waals surface area (Å²) in [7, 11) is 3.23. The molecule has 1 atom stereocenters. The molecule has 1 aromatic heterocycles.